The van der Waals surface area contributed by atoms with E-state index >= 15 is 0 Å². The number of rotatable bonds is 5. The van der Waals surface area contributed by atoms with E-state index in [1.807, 2.05) is 43.3 Å². The smallest absolute Gasteiger partial charge is 0.255 e. The third kappa shape index (κ3) is 4.11. The molecule has 0 spiro atoms. The van der Waals surface area contributed by atoms with Gasteiger partial charge < -0.3 is 20.1 Å². The van der Waals surface area contributed by atoms with Crippen LogP contribution in [0, 0.1) is 5.92 Å². The maximum atomic E-state index is 13.4. The highest BCUT2D eigenvalue weighted by Crippen LogP contribution is 2.48. The molecule has 1 amide bonds. The molecule has 2 aromatic rings. The third-order valence-corrected chi connectivity index (χ3v) is 7.78. The molecule has 2 saturated heterocycles. The van der Waals surface area contributed by atoms with Gasteiger partial charge in [-0.05, 0) is 62.3 Å². The van der Waals surface area contributed by atoms with Crippen molar-refractivity contribution in [1.29, 1.82) is 0 Å². The highest BCUT2D eigenvalue weighted by molar-refractivity contribution is 5.98. The van der Waals surface area contributed by atoms with Crippen molar-refractivity contribution in [3.63, 3.8) is 0 Å². The van der Waals surface area contributed by atoms with Crippen molar-refractivity contribution < 1.29 is 14.3 Å². The summed E-state index contributed by atoms with van der Waals surface area (Å²) in [7, 11) is 3.32. The van der Waals surface area contributed by atoms with Gasteiger partial charge in [0.05, 0.1) is 25.8 Å². The molecule has 33 heavy (non-hydrogen) atoms. The summed E-state index contributed by atoms with van der Waals surface area (Å²) < 4.78 is 11.8. The Labute approximate surface area is 196 Å². The maximum Gasteiger partial charge on any atom is 0.255 e. The van der Waals surface area contributed by atoms with E-state index in [1.165, 1.54) is 24.0 Å². The van der Waals surface area contributed by atoms with Gasteiger partial charge in [0.15, 0.2) is 11.5 Å². The van der Waals surface area contributed by atoms with Gasteiger partial charge in [-0.25, -0.2) is 0 Å². The number of benzene rings is 2. The van der Waals surface area contributed by atoms with E-state index in [0.717, 1.165) is 49.7 Å². The zero-order chi connectivity index (χ0) is 22.9. The first-order valence-electron chi connectivity index (χ1n) is 12.2. The molecule has 1 unspecified atom stereocenters. The van der Waals surface area contributed by atoms with Crippen molar-refractivity contribution in [2.45, 2.75) is 50.7 Å². The number of piperidine rings is 2. The zero-order valence-electron chi connectivity index (χ0n) is 19.9. The second-order valence-corrected chi connectivity index (χ2v) is 9.63. The van der Waals surface area contributed by atoms with E-state index in [0.29, 0.717) is 23.4 Å². The molecule has 2 fully saturated rings. The van der Waals surface area contributed by atoms with Gasteiger partial charge in [0.1, 0.15) is 0 Å². The first-order valence-corrected chi connectivity index (χ1v) is 12.2. The largest absolute Gasteiger partial charge is 0.492 e. The van der Waals surface area contributed by atoms with Gasteiger partial charge in [-0.2, -0.15) is 0 Å². The minimum atomic E-state index is -0.135. The summed E-state index contributed by atoms with van der Waals surface area (Å²) in [5.41, 5.74) is 4.04. The normalized spacial score (nSPS) is 25.2. The summed E-state index contributed by atoms with van der Waals surface area (Å²) in [4.78, 5) is 16.0. The van der Waals surface area contributed by atoms with Crippen LogP contribution in [0.4, 0.5) is 0 Å². The minimum absolute atomic E-state index is 0.103. The van der Waals surface area contributed by atoms with Crippen LogP contribution in [-0.4, -0.2) is 50.7 Å². The number of amides is 1. The van der Waals surface area contributed by atoms with Crippen molar-refractivity contribution in [2.75, 3.05) is 33.9 Å². The first-order chi connectivity index (χ1) is 16.1. The Kier molecular flexibility index (Phi) is 6.30. The number of carbonyl (C=O) groups excluding carboxylic acids is 1. The highest BCUT2D eigenvalue weighted by atomic mass is 16.5. The van der Waals surface area contributed by atoms with Gasteiger partial charge in [-0.3, -0.25) is 9.69 Å². The molecule has 0 aromatic heterocycles. The molecule has 6 nitrogen and oxygen atoms in total. The lowest BCUT2D eigenvalue weighted by Gasteiger charge is -2.49. The van der Waals surface area contributed by atoms with Gasteiger partial charge in [0.2, 0.25) is 0 Å². The second kappa shape index (κ2) is 9.35. The molecular weight excluding hydrogens is 414 g/mol. The van der Waals surface area contributed by atoms with Gasteiger partial charge in [-0.15, -0.1) is 0 Å². The highest BCUT2D eigenvalue weighted by Gasteiger charge is 2.42. The van der Waals surface area contributed by atoms with Crippen LogP contribution in [0.1, 0.15) is 65.3 Å². The zero-order valence-corrected chi connectivity index (χ0v) is 19.9. The van der Waals surface area contributed by atoms with Crippen LogP contribution in [0.25, 0.3) is 0 Å². The topological polar surface area (TPSA) is 62.8 Å². The number of nitrogens with one attached hydrogen (secondary N) is 2. The Morgan fingerprint density at radius 1 is 1.18 bits per heavy atom. The average Bonchev–Trinajstić information content (AvgIpc) is 2.86. The number of fused-ring (bicyclic) bond motifs is 4. The summed E-state index contributed by atoms with van der Waals surface area (Å²) in [6.07, 6.45) is 4.58. The van der Waals surface area contributed by atoms with E-state index < -0.39 is 0 Å². The molecular formula is C27H35N3O3. The number of nitrogens with zero attached hydrogens (tertiary/aromatic N) is 1. The van der Waals surface area contributed by atoms with Crippen LogP contribution in [0.3, 0.4) is 0 Å². The van der Waals surface area contributed by atoms with Crippen LogP contribution in [-0.2, 0) is 6.42 Å². The monoisotopic (exact) mass is 449 g/mol. The standard InChI is InChI=1S/C27H35N3O3/c1-17(18-8-5-4-6-9-18)29-27(31)21-14-19-11-13-30-16-20-10-7-12-28-22(20)15-23(30)24(19)26(33-3)25(21)32-2/h4-6,8-9,14,17,20,22-23,28H,7,10-13,15-16H2,1-3H3,(H,29,31)/t17?,20-,22+,23+/m0/s1. The van der Waals surface area contributed by atoms with E-state index in [1.54, 1.807) is 14.2 Å². The quantitative estimate of drug-likeness (QED) is 0.726. The number of methoxy groups -OCH3 is 2. The van der Waals surface area contributed by atoms with Crippen LogP contribution in [0.2, 0.25) is 0 Å². The molecule has 4 atom stereocenters. The fourth-order valence-electron chi connectivity index (χ4n) is 6.10. The summed E-state index contributed by atoms with van der Waals surface area (Å²) in [6.45, 7) is 5.27. The van der Waals surface area contributed by atoms with E-state index in [9.17, 15) is 4.79 Å². The molecule has 0 bridgehead atoms. The molecule has 5 rings (SSSR count). The second-order valence-electron chi connectivity index (χ2n) is 9.63. The predicted molar refractivity (Wildman–Crippen MR) is 129 cm³/mol. The SMILES string of the molecule is COc1c(C(=O)NC(C)c2ccccc2)cc2c(c1OC)[C@H]1C[C@H]3NCCC[C@H]3CN1CC2. The Morgan fingerprint density at radius 2 is 1.97 bits per heavy atom. The lowest BCUT2D eigenvalue weighted by Crippen LogP contribution is -2.54. The molecule has 6 heteroatoms. The molecule has 176 valence electrons. The fourth-order valence-corrected chi connectivity index (χ4v) is 6.10. The lowest BCUT2D eigenvalue weighted by atomic mass is 9.77. The van der Waals surface area contributed by atoms with E-state index in [-0.39, 0.29) is 11.9 Å². The van der Waals surface area contributed by atoms with Gasteiger partial charge in [0.25, 0.3) is 5.91 Å². The number of ether oxygens (including phenoxy) is 2. The van der Waals surface area contributed by atoms with Crippen molar-refractivity contribution >= 4 is 5.91 Å². The van der Waals surface area contributed by atoms with Gasteiger partial charge >= 0.3 is 0 Å². The molecule has 0 aliphatic carbocycles. The molecule has 3 aliphatic heterocycles. The summed E-state index contributed by atoms with van der Waals surface area (Å²) in [5, 5.41) is 6.90. The van der Waals surface area contributed by atoms with Crippen molar-refractivity contribution in [3.05, 3.63) is 58.7 Å². The Morgan fingerprint density at radius 3 is 2.73 bits per heavy atom. The first kappa shape index (κ1) is 22.2. The lowest BCUT2D eigenvalue weighted by molar-refractivity contribution is 0.0535. The van der Waals surface area contributed by atoms with Gasteiger partial charge in [0, 0.05) is 30.7 Å². The van der Waals surface area contributed by atoms with Crippen LogP contribution < -0.4 is 20.1 Å². The molecule has 3 heterocycles. The third-order valence-electron chi connectivity index (χ3n) is 7.78. The fraction of sp³-hybridized carbons (Fsp3) is 0.519. The number of hydrogen-bond acceptors (Lipinski definition) is 5. The molecule has 2 N–H and O–H groups in total. The van der Waals surface area contributed by atoms with E-state index in [2.05, 4.69) is 15.5 Å². The Hall–Kier alpha value is -2.57. The molecule has 0 saturated carbocycles. The van der Waals surface area contributed by atoms with Crippen molar-refractivity contribution in [3.8, 4) is 11.5 Å². The minimum Gasteiger partial charge on any atom is -0.492 e. The molecule has 0 radical (unpaired) electrons. The summed E-state index contributed by atoms with van der Waals surface area (Å²) >= 11 is 0. The molecule has 2 aromatic carbocycles. The van der Waals surface area contributed by atoms with Crippen molar-refractivity contribution in [1.82, 2.24) is 15.5 Å². The molecule has 3 aliphatic rings. The maximum absolute atomic E-state index is 13.4. The van der Waals surface area contributed by atoms with Crippen molar-refractivity contribution in [2.24, 2.45) is 5.92 Å². The number of carbonyl (C=O) groups is 1. The number of hydrogen-bond donors (Lipinski definition) is 2. The van der Waals surface area contributed by atoms with Crippen LogP contribution in [0.15, 0.2) is 36.4 Å². The van der Waals surface area contributed by atoms with Crippen LogP contribution in [0.5, 0.6) is 11.5 Å². The van der Waals surface area contributed by atoms with E-state index in [4.69, 9.17) is 9.47 Å². The Balaban J connectivity index is 1.48. The Bertz CT molecular complexity index is 1010. The predicted octanol–water partition coefficient (Wildman–Crippen LogP) is 3.87. The average molecular weight is 450 g/mol. The van der Waals surface area contributed by atoms with Crippen LogP contribution >= 0.6 is 0 Å². The summed E-state index contributed by atoms with van der Waals surface area (Å²) in [6, 6.07) is 12.8. The van der Waals surface area contributed by atoms with Gasteiger partial charge in [-0.1, -0.05) is 30.3 Å². The summed E-state index contributed by atoms with van der Waals surface area (Å²) in [5.74, 6) is 1.85.